The topological polar surface area (TPSA) is 107 Å². The van der Waals surface area contributed by atoms with E-state index in [0.29, 0.717) is 22.3 Å². The van der Waals surface area contributed by atoms with Gasteiger partial charge in [-0.3, -0.25) is 15.5 Å². The van der Waals surface area contributed by atoms with Gasteiger partial charge in [-0.1, -0.05) is 11.3 Å². The highest BCUT2D eigenvalue weighted by Crippen LogP contribution is 2.39. The third-order valence-corrected chi connectivity index (χ3v) is 4.58. The summed E-state index contributed by atoms with van der Waals surface area (Å²) >= 11 is 1.38. The minimum atomic E-state index is -0.443. The Hall–Kier alpha value is -3.72. The van der Waals surface area contributed by atoms with Crippen molar-refractivity contribution >= 4 is 28.4 Å². The lowest BCUT2D eigenvalue weighted by Crippen LogP contribution is -1.91. The van der Waals surface area contributed by atoms with Crippen molar-refractivity contribution in [1.29, 1.82) is 0 Å². The Labute approximate surface area is 156 Å². The van der Waals surface area contributed by atoms with Gasteiger partial charge in [-0.15, -0.1) is 0 Å². The van der Waals surface area contributed by atoms with Crippen molar-refractivity contribution in [3.05, 3.63) is 76.7 Å². The normalized spacial score (nSPS) is 11.1. The van der Waals surface area contributed by atoms with Gasteiger partial charge in [0.1, 0.15) is 16.3 Å². The first-order chi connectivity index (χ1) is 13.2. The van der Waals surface area contributed by atoms with Gasteiger partial charge in [0.2, 0.25) is 5.13 Å². The molecule has 4 rings (SSSR count). The summed E-state index contributed by atoms with van der Waals surface area (Å²) in [5.74, 6) is 1.32. The summed E-state index contributed by atoms with van der Waals surface area (Å²) in [5.41, 5.74) is 4.29. The first kappa shape index (κ1) is 16.7. The van der Waals surface area contributed by atoms with Crippen LogP contribution >= 0.6 is 11.3 Å². The number of nitrogens with one attached hydrogen (secondary N) is 1. The lowest BCUT2D eigenvalue weighted by molar-refractivity contribution is -0.384. The maximum absolute atomic E-state index is 10.7. The summed E-state index contributed by atoms with van der Waals surface area (Å²) in [4.78, 5) is 15.6. The number of furan rings is 2. The summed E-state index contributed by atoms with van der Waals surface area (Å²) in [5, 5.41) is 15.4. The average Bonchev–Trinajstić information content (AvgIpc) is 3.42. The number of thiazole rings is 1. The van der Waals surface area contributed by atoms with E-state index < -0.39 is 4.92 Å². The molecule has 0 fully saturated rings. The highest BCUT2D eigenvalue weighted by molar-refractivity contribution is 7.19. The van der Waals surface area contributed by atoms with Crippen LogP contribution in [0, 0.1) is 10.1 Å². The summed E-state index contributed by atoms with van der Waals surface area (Å²) in [7, 11) is 0. The molecule has 1 aromatic carbocycles. The molecule has 4 aromatic rings. The number of benzene rings is 1. The zero-order chi connectivity index (χ0) is 18.6. The fourth-order valence-corrected chi connectivity index (χ4v) is 3.26. The molecule has 0 aliphatic heterocycles. The fraction of sp³-hybridized carbons (Fsp3) is 0. The second kappa shape index (κ2) is 7.26. The van der Waals surface area contributed by atoms with Crippen LogP contribution in [0.15, 0.2) is 75.0 Å². The van der Waals surface area contributed by atoms with Crippen LogP contribution in [0.1, 0.15) is 5.56 Å². The maximum atomic E-state index is 10.7. The molecule has 3 heterocycles. The number of hydrogen-bond acceptors (Lipinski definition) is 8. The second-order valence-corrected chi connectivity index (χ2v) is 6.37. The molecule has 0 saturated carbocycles. The Morgan fingerprint density at radius 1 is 1.07 bits per heavy atom. The first-order valence-electron chi connectivity index (χ1n) is 7.83. The smallest absolute Gasteiger partial charge is 0.269 e. The first-order valence-corrected chi connectivity index (χ1v) is 8.64. The molecular formula is C18H12N4O4S. The number of rotatable bonds is 6. The lowest BCUT2D eigenvalue weighted by Gasteiger charge is -1.95. The van der Waals surface area contributed by atoms with Crippen molar-refractivity contribution in [2.75, 3.05) is 5.43 Å². The standard InChI is InChI=1S/C18H12N4O4S/c23-22(24)13-7-5-12(6-8-13)11-19-21-18-20-16(14-3-1-9-25-14)17(27-18)15-4-2-10-26-15/h1-11H,(H,20,21)/b19-11+. The molecule has 0 spiro atoms. The molecule has 0 amide bonds. The minimum absolute atomic E-state index is 0.0335. The van der Waals surface area contributed by atoms with Crippen LogP contribution in [0.2, 0.25) is 0 Å². The van der Waals surface area contributed by atoms with E-state index in [9.17, 15) is 10.1 Å². The summed E-state index contributed by atoms with van der Waals surface area (Å²) < 4.78 is 10.9. The van der Waals surface area contributed by atoms with Crippen LogP contribution in [-0.4, -0.2) is 16.1 Å². The second-order valence-electron chi connectivity index (χ2n) is 5.37. The van der Waals surface area contributed by atoms with E-state index in [-0.39, 0.29) is 5.69 Å². The SMILES string of the molecule is O=[N+]([O-])c1ccc(/C=N/Nc2nc(-c3ccco3)c(-c3ccco3)s2)cc1. The van der Waals surface area contributed by atoms with E-state index in [4.69, 9.17) is 8.83 Å². The zero-order valence-electron chi connectivity index (χ0n) is 13.7. The number of hydrogen-bond donors (Lipinski definition) is 1. The van der Waals surface area contributed by atoms with Crippen molar-refractivity contribution in [1.82, 2.24) is 4.98 Å². The van der Waals surface area contributed by atoms with E-state index in [2.05, 4.69) is 15.5 Å². The molecule has 1 N–H and O–H groups in total. The molecule has 0 saturated heterocycles. The van der Waals surface area contributed by atoms with Gasteiger partial charge in [-0.2, -0.15) is 5.10 Å². The van der Waals surface area contributed by atoms with E-state index in [1.54, 1.807) is 43.0 Å². The number of aromatic nitrogens is 1. The zero-order valence-corrected chi connectivity index (χ0v) is 14.6. The van der Waals surface area contributed by atoms with E-state index in [1.165, 1.54) is 23.5 Å². The van der Waals surface area contributed by atoms with Gasteiger partial charge in [-0.25, -0.2) is 4.98 Å². The van der Waals surface area contributed by atoms with Crippen molar-refractivity contribution in [3.8, 4) is 22.1 Å². The van der Waals surface area contributed by atoms with Crippen molar-refractivity contribution < 1.29 is 13.8 Å². The highest BCUT2D eigenvalue weighted by atomic mass is 32.1. The Balaban J connectivity index is 1.56. The monoisotopic (exact) mass is 380 g/mol. The molecule has 27 heavy (non-hydrogen) atoms. The highest BCUT2D eigenvalue weighted by Gasteiger charge is 2.18. The van der Waals surface area contributed by atoms with Crippen LogP contribution in [0.4, 0.5) is 10.8 Å². The third-order valence-electron chi connectivity index (χ3n) is 3.60. The van der Waals surface area contributed by atoms with Crippen LogP contribution in [0.25, 0.3) is 22.1 Å². The van der Waals surface area contributed by atoms with Crippen LogP contribution in [-0.2, 0) is 0 Å². The van der Waals surface area contributed by atoms with Crippen LogP contribution < -0.4 is 5.43 Å². The molecule has 0 aliphatic carbocycles. The molecule has 0 unspecified atom stereocenters. The fourth-order valence-electron chi connectivity index (χ4n) is 2.37. The Morgan fingerprint density at radius 3 is 2.41 bits per heavy atom. The van der Waals surface area contributed by atoms with Crippen LogP contribution in [0.5, 0.6) is 0 Å². The van der Waals surface area contributed by atoms with Gasteiger partial charge in [-0.05, 0) is 42.0 Å². The molecule has 0 aliphatic rings. The molecular weight excluding hydrogens is 368 g/mol. The number of hydrazone groups is 1. The van der Waals surface area contributed by atoms with Crippen molar-refractivity contribution in [3.63, 3.8) is 0 Å². The predicted octanol–water partition coefficient (Wildman–Crippen LogP) is 5.02. The van der Waals surface area contributed by atoms with Crippen LogP contribution in [0.3, 0.4) is 0 Å². The largest absolute Gasteiger partial charge is 0.463 e. The average molecular weight is 380 g/mol. The van der Waals surface area contributed by atoms with Gasteiger partial charge in [0, 0.05) is 12.1 Å². The van der Waals surface area contributed by atoms with E-state index in [1.807, 2.05) is 12.1 Å². The number of nitrogens with zero attached hydrogens (tertiary/aromatic N) is 3. The lowest BCUT2D eigenvalue weighted by atomic mass is 10.2. The molecule has 8 nitrogen and oxygen atoms in total. The molecule has 134 valence electrons. The Bertz CT molecular complexity index is 1020. The molecule has 3 aromatic heterocycles. The molecule has 0 radical (unpaired) electrons. The number of anilines is 1. The molecule has 0 bridgehead atoms. The van der Waals surface area contributed by atoms with Gasteiger partial charge >= 0.3 is 0 Å². The van der Waals surface area contributed by atoms with E-state index in [0.717, 1.165) is 10.4 Å². The van der Waals surface area contributed by atoms with Gasteiger partial charge < -0.3 is 8.83 Å². The Kier molecular flexibility index (Phi) is 4.50. The summed E-state index contributed by atoms with van der Waals surface area (Å²) in [6.45, 7) is 0. The van der Waals surface area contributed by atoms with E-state index >= 15 is 0 Å². The molecule has 0 atom stereocenters. The van der Waals surface area contributed by atoms with Gasteiger partial charge in [0.25, 0.3) is 5.69 Å². The van der Waals surface area contributed by atoms with Gasteiger partial charge in [0.05, 0.1) is 23.7 Å². The quantitative estimate of drug-likeness (QED) is 0.286. The number of nitro benzene ring substituents is 1. The maximum Gasteiger partial charge on any atom is 0.269 e. The summed E-state index contributed by atoms with van der Waals surface area (Å²) in [6, 6.07) is 13.4. The Morgan fingerprint density at radius 2 is 1.78 bits per heavy atom. The van der Waals surface area contributed by atoms with Crippen molar-refractivity contribution in [2.45, 2.75) is 0 Å². The number of non-ortho nitro benzene ring substituents is 1. The van der Waals surface area contributed by atoms with Gasteiger partial charge in [0.15, 0.2) is 5.76 Å². The number of nitro groups is 1. The molecule has 9 heteroatoms. The third kappa shape index (κ3) is 3.62. The summed E-state index contributed by atoms with van der Waals surface area (Å²) in [6.07, 6.45) is 4.74. The predicted molar refractivity (Wildman–Crippen MR) is 102 cm³/mol. The van der Waals surface area contributed by atoms with Crippen molar-refractivity contribution in [2.24, 2.45) is 5.10 Å². The minimum Gasteiger partial charge on any atom is -0.463 e.